The molecule has 0 aliphatic rings. The molecule has 1 heterocycles. The van der Waals surface area contributed by atoms with E-state index in [0.29, 0.717) is 0 Å². The normalized spacial score (nSPS) is 12.0. The molecule has 0 radical (unpaired) electrons. The van der Waals surface area contributed by atoms with Gasteiger partial charge in [0.25, 0.3) is 0 Å². The largest absolute Gasteiger partial charge is 0.455 e. The molecule has 0 spiro atoms. The number of fused-ring (bicyclic) bond motifs is 4. The van der Waals surface area contributed by atoms with E-state index in [9.17, 15) is 0 Å². The molecule has 2 heteroatoms. The first kappa shape index (κ1) is 32.7. The molecule has 0 bridgehead atoms. The van der Waals surface area contributed by atoms with Crippen LogP contribution in [0.25, 0.3) is 77.7 Å². The van der Waals surface area contributed by atoms with Gasteiger partial charge in [-0.1, -0.05) is 176 Å². The summed E-state index contributed by atoms with van der Waals surface area (Å²) >= 11 is 0. The van der Waals surface area contributed by atoms with Crippen molar-refractivity contribution in [3.8, 4) is 33.4 Å². The third-order valence-corrected chi connectivity index (χ3v) is 9.97. The van der Waals surface area contributed by atoms with Crippen molar-refractivity contribution in [3.63, 3.8) is 0 Å². The lowest BCUT2D eigenvalue weighted by Gasteiger charge is -2.08. The van der Waals surface area contributed by atoms with Crippen LogP contribution >= 0.6 is 0 Å². The molecule has 1 aromatic heterocycles. The Morgan fingerprint density at radius 3 is 2.02 bits per heavy atom. The Bertz CT molecular complexity index is 2820. The van der Waals surface area contributed by atoms with Crippen molar-refractivity contribution >= 4 is 50.0 Å². The van der Waals surface area contributed by atoms with Gasteiger partial charge in [0.1, 0.15) is 11.2 Å². The molecule has 0 atom stereocenters. The average Bonchev–Trinajstić information content (AvgIpc) is 3.63. The molecular weight excluding hydrogens is 655 g/mol. The van der Waals surface area contributed by atoms with E-state index in [1.54, 1.807) is 0 Å². The van der Waals surface area contributed by atoms with Crippen LogP contribution in [0.15, 0.2) is 217 Å². The van der Waals surface area contributed by atoms with Gasteiger partial charge in [0.05, 0.1) is 0 Å². The van der Waals surface area contributed by atoms with Crippen LogP contribution in [0.5, 0.6) is 0 Å². The minimum absolute atomic E-state index is 0.901. The van der Waals surface area contributed by atoms with Gasteiger partial charge in [-0.25, -0.2) is 0 Å². The highest BCUT2D eigenvalue weighted by molar-refractivity contribution is 6.09. The van der Waals surface area contributed by atoms with E-state index in [-0.39, 0.29) is 0 Å². The fraction of sp³-hybridized carbons (Fsp3) is 0. The Morgan fingerprint density at radius 2 is 1.15 bits per heavy atom. The van der Waals surface area contributed by atoms with Gasteiger partial charge in [-0.3, -0.25) is 0 Å². The highest BCUT2D eigenvalue weighted by Crippen LogP contribution is 2.36. The number of nitrogens with one attached hydrogen (secondary N) is 1. The van der Waals surface area contributed by atoms with Gasteiger partial charge in [-0.2, -0.15) is 0 Å². The standard InChI is InChI=1S/C52H37NO/c1-2-11-38(12-3-1)41-30-32-47(33-31-41)53-34-10-17-40(25-22-37-23-26-42(27-24-37)45-29-28-39-13-4-5-14-43(39)35-45)44-15-8-16-46(36-44)48-19-9-20-50-49-18-6-7-21-51(49)54-52(48)50/h1-36,53H/b25-22-,34-10+,40-17+. The molecule has 0 aliphatic heterocycles. The van der Waals surface area contributed by atoms with E-state index in [1.807, 2.05) is 24.4 Å². The molecule has 0 fully saturated rings. The van der Waals surface area contributed by atoms with Crippen molar-refractivity contribution in [1.82, 2.24) is 0 Å². The van der Waals surface area contributed by atoms with Crippen molar-refractivity contribution < 1.29 is 4.42 Å². The topological polar surface area (TPSA) is 25.2 Å². The molecule has 8 aromatic carbocycles. The first-order valence-electron chi connectivity index (χ1n) is 18.3. The third kappa shape index (κ3) is 6.89. The zero-order valence-corrected chi connectivity index (χ0v) is 29.7. The maximum absolute atomic E-state index is 6.41. The zero-order chi connectivity index (χ0) is 36.1. The molecule has 0 saturated carbocycles. The number of benzene rings is 8. The summed E-state index contributed by atoms with van der Waals surface area (Å²) in [4.78, 5) is 0. The van der Waals surface area contributed by atoms with E-state index in [0.717, 1.165) is 55.5 Å². The highest BCUT2D eigenvalue weighted by atomic mass is 16.3. The second-order valence-electron chi connectivity index (χ2n) is 13.4. The fourth-order valence-electron chi connectivity index (χ4n) is 7.12. The first-order valence-corrected chi connectivity index (χ1v) is 18.3. The Balaban J connectivity index is 1.02. The Hall–Kier alpha value is -7.16. The minimum atomic E-state index is 0.901. The summed E-state index contributed by atoms with van der Waals surface area (Å²) in [6.45, 7) is 0. The molecule has 256 valence electrons. The van der Waals surface area contributed by atoms with E-state index in [2.05, 4.69) is 199 Å². The van der Waals surface area contributed by atoms with Gasteiger partial charge >= 0.3 is 0 Å². The lowest BCUT2D eigenvalue weighted by molar-refractivity contribution is 0.670. The predicted octanol–water partition coefficient (Wildman–Crippen LogP) is 14.5. The summed E-state index contributed by atoms with van der Waals surface area (Å²) in [6, 6.07) is 66.3. The fourth-order valence-corrected chi connectivity index (χ4v) is 7.12. The molecule has 0 saturated heterocycles. The number of allylic oxidation sites excluding steroid dienone is 4. The molecule has 54 heavy (non-hydrogen) atoms. The van der Waals surface area contributed by atoms with Gasteiger partial charge < -0.3 is 9.73 Å². The van der Waals surface area contributed by atoms with Crippen LogP contribution in [0.2, 0.25) is 0 Å². The number of hydrogen-bond donors (Lipinski definition) is 1. The Morgan fingerprint density at radius 1 is 0.481 bits per heavy atom. The van der Waals surface area contributed by atoms with Crippen LogP contribution in [-0.2, 0) is 0 Å². The summed E-state index contributed by atoms with van der Waals surface area (Å²) in [5.41, 5.74) is 13.2. The first-order chi connectivity index (χ1) is 26.7. The summed E-state index contributed by atoms with van der Waals surface area (Å²) in [5.74, 6) is 0. The van der Waals surface area contributed by atoms with Crippen molar-refractivity contribution in [3.05, 3.63) is 224 Å². The molecular formula is C52H37NO. The SMILES string of the molecule is C(=C/c1ccc(-c2ccc3ccccc3c2)cc1)/C(=C\C=C\Nc1ccc(-c2ccccc2)cc1)c1cccc(-c2cccc3c2oc2ccccc23)c1. The Labute approximate surface area is 315 Å². The second kappa shape index (κ2) is 14.8. The summed E-state index contributed by atoms with van der Waals surface area (Å²) in [6.07, 6.45) is 10.6. The molecule has 9 aromatic rings. The second-order valence-corrected chi connectivity index (χ2v) is 13.4. The van der Waals surface area contributed by atoms with E-state index in [1.165, 1.54) is 33.0 Å². The molecule has 0 unspecified atom stereocenters. The highest BCUT2D eigenvalue weighted by Gasteiger charge is 2.12. The minimum Gasteiger partial charge on any atom is -0.455 e. The van der Waals surface area contributed by atoms with Gasteiger partial charge in [-0.05, 0) is 91.7 Å². The van der Waals surface area contributed by atoms with Crippen LogP contribution in [0, 0.1) is 0 Å². The quantitative estimate of drug-likeness (QED) is 0.152. The van der Waals surface area contributed by atoms with E-state index >= 15 is 0 Å². The smallest absolute Gasteiger partial charge is 0.143 e. The van der Waals surface area contributed by atoms with Gasteiger partial charge in [0.15, 0.2) is 0 Å². The molecule has 1 N–H and O–H groups in total. The maximum atomic E-state index is 6.41. The summed E-state index contributed by atoms with van der Waals surface area (Å²) in [5, 5.41) is 8.21. The lowest BCUT2D eigenvalue weighted by Crippen LogP contribution is -1.87. The predicted molar refractivity (Wildman–Crippen MR) is 230 cm³/mol. The van der Waals surface area contributed by atoms with Crippen LogP contribution < -0.4 is 5.32 Å². The third-order valence-electron chi connectivity index (χ3n) is 9.97. The van der Waals surface area contributed by atoms with E-state index in [4.69, 9.17) is 4.42 Å². The number of furan rings is 1. The molecule has 9 rings (SSSR count). The van der Waals surface area contributed by atoms with Crippen molar-refractivity contribution in [2.45, 2.75) is 0 Å². The van der Waals surface area contributed by atoms with Gasteiger partial charge in [0, 0.05) is 28.2 Å². The number of para-hydroxylation sites is 2. The number of rotatable bonds is 9. The van der Waals surface area contributed by atoms with Crippen LogP contribution in [0.4, 0.5) is 5.69 Å². The molecule has 2 nitrogen and oxygen atoms in total. The van der Waals surface area contributed by atoms with Crippen molar-refractivity contribution in [2.24, 2.45) is 0 Å². The van der Waals surface area contributed by atoms with Crippen LogP contribution in [0.1, 0.15) is 11.1 Å². The monoisotopic (exact) mass is 691 g/mol. The van der Waals surface area contributed by atoms with Gasteiger partial charge in [0.2, 0.25) is 0 Å². The molecule has 0 amide bonds. The number of anilines is 1. The number of hydrogen-bond acceptors (Lipinski definition) is 2. The van der Waals surface area contributed by atoms with Crippen molar-refractivity contribution in [1.29, 1.82) is 0 Å². The maximum Gasteiger partial charge on any atom is 0.143 e. The average molecular weight is 692 g/mol. The summed E-state index contributed by atoms with van der Waals surface area (Å²) < 4.78 is 6.41. The van der Waals surface area contributed by atoms with Crippen LogP contribution in [0.3, 0.4) is 0 Å². The summed E-state index contributed by atoms with van der Waals surface area (Å²) in [7, 11) is 0. The molecule has 0 aliphatic carbocycles. The van der Waals surface area contributed by atoms with Crippen LogP contribution in [-0.4, -0.2) is 0 Å². The Kier molecular flexibility index (Phi) is 8.99. The zero-order valence-electron chi connectivity index (χ0n) is 29.7. The van der Waals surface area contributed by atoms with Gasteiger partial charge in [-0.15, -0.1) is 0 Å². The lowest BCUT2D eigenvalue weighted by atomic mass is 9.96. The van der Waals surface area contributed by atoms with E-state index < -0.39 is 0 Å². The van der Waals surface area contributed by atoms with Crippen molar-refractivity contribution in [2.75, 3.05) is 5.32 Å².